The number of alkyl halides is 1. The van der Waals surface area contributed by atoms with Gasteiger partial charge < -0.3 is 0 Å². The second-order valence-corrected chi connectivity index (χ2v) is 3.86. The van der Waals surface area contributed by atoms with E-state index in [2.05, 4.69) is 15.9 Å². The molecule has 0 heterocycles. The van der Waals surface area contributed by atoms with Gasteiger partial charge >= 0.3 is 0 Å². The second-order valence-electron chi connectivity index (χ2n) is 3.30. The fraction of sp³-hybridized carbons (Fsp3) is 0.0769. The topological polar surface area (TPSA) is 0 Å². The van der Waals surface area contributed by atoms with Crippen LogP contribution < -0.4 is 0 Å². The van der Waals surface area contributed by atoms with Crippen LogP contribution in [0.25, 0.3) is 11.1 Å². The molecule has 0 radical (unpaired) electrons. The summed E-state index contributed by atoms with van der Waals surface area (Å²) in [6.07, 6.45) is 0. The quantitative estimate of drug-likeness (QED) is 0.706. The van der Waals surface area contributed by atoms with E-state index in [1.165, 1.54) is 11.6 Å². The molecule has 0 saturated heterocycles. The van der Waals surface area contributed by atoms with Gasteiger partial charge in [-0.2, -0.15) is 0 Å². The van der Waals surface area contributed by atoms with Crippen molar-refractivity contribution in [3.8, 4) is 11.1 Å². The van der Waals surface area contributed by atoms with Crippen LogP contribution in [0, 0.1) is 5.82 Å². The zero-order valence-electron chi connectivity index (χ0n) is 8.08. The van der Waals surface area contributed by atoms with E-state index < -0.39 is 0 Å². The molecule has 0 N–H and O–H groups in total. The smallest absolute Gasteiger partial charge is 0.123 e. The molecule has 2 aromatic carbocycles. The van der Waals surface area contributed by atoms with E-state index in [9.17, 15) is 4.39 Å². The minimum absolute atomic E-state index is 0.197. The van der Waals surface area contributed by atoms with Crippen molar-refractivity contribution < 1.29 is 4.39 Å². The average molecular weight is 265 g/mol. The summed E-state index contributed by atoms with van der Waals surface area (Å²) >= 11 is 3.43. The van der Waals surface area contributed by atoms with Crippen molar-refractivity contribution in [2.45, 2.75) is 5.33 Å². The maximum atomic E-state index is 13.1. The van der Waals surface area contributed by atoms with Crippen molar-refractivity contribution in [1.82, 2.24) is 0 Å². The van der Waals surface area contributed by atoms with Gasteiger partial charge in [0.05, 0.1) is 0 Å². The highest BCUT2D eigenvalue weighted by Gasteiger charge is 2.03. The van der Waals surface area contributed by atoms with Gasteiger partial charge in [0.25, 0.3) is 0 Å². The summed E-state index contributed by atoms with van der Waals surface area (Å²) in [5, 5.41) is 0.777. The van der Waals surface area contributed by atoms with Crippen LogP contribution in [-0.2, 0) is 5.33 Å². The van der Waals surface area contributed by atoms with Crippen LogP contribution >= 0.6 is 15.9 Å². The van der Waals surface area contributed by atoms with Gasteiger partial charge in [-0.15, -0.1) is 0 Å². The first-order chi connectivity index (χ1) is 7.31. The highest BCUT2D eigenvalue weighted by atomic mass is 79.9. The van der Waals surface area contributed by atoms with Gasteiger partial charge in [-0.1, -0.05) is 52.3 Å². The van der Waals surface area contributed by atoms with E-state index in [0.717, 1.165) is 16.5 Å². The molecule has 0 nitrogen and oxygen atoms in total. The van der Waals surface area contributed by atoms with E-state index in [1.54, 1.807) is 12.1 Å². The van der Waals surface area contributed by atoms with E-state index in [4.69, 9.17) is 0 Å². The van der Waals surface area contributed by atoms with Crippen molar-refractivity contribution >= 4 is 15.9 Å². The van der Waals surface area contributed by atoms with Crippen LogP contribution in [0.5, 0.6) is 0 Å². The van der Waals surface area contributed by atoms with Crippen molar-refractivity contribution in [3.63, 3.8) is 0 Å². The third kappa shape index (κ3) is 2.26. The van der Waals surface area contributed by atoms with Crippen LogP contribution in [0.15, 0.2) is 48.5 Å². The van der Waals surface area contributed by atoms with Gasteiger partial charge in [0.1, 0.15) is 5.82 Å². The Morgan fingerprint density at radius 3 is 2.53 bits per heavy atom. The number of benzene rings is 2. The Balaban J connectivity index is 2.53. The predicted octanol–water partition coefficient (Wildman–Crippen LogP) is 4.39. The maximum Gasteiger partial charge on any atom is 0.123 e. The molecular weight excluding hydrogens is 255 g/mol. The molecular formula is C13H10BrF. The number of halogens is 2. The first-order valence-corrected chi connectivity index (χ1v) is 5.83. The molecule has 0 aliphatic rings. The van der Waals surface area contributed by atoms with E-state index in [0.29, 0.717) is 0 Å². The molecule has 0 atom stereocenters. The number of hydrogen-bond acceptors (Lipinski definition) is 0. The van der Waals surface area contributed by atoms with Gasteiger partial charge in [-0.3, -0.25) is 0 Å². The Kier molecular flexibility index (Phi) is 3.17. The van der Waals surface area contributed by atoms with Crippen molar-refractivity contribution in [1.29, 1.82) is 0 Å². The standard InChI is InChI=1S/C13H10BrF/c14-9-11-4-1-2-7-13(11)10-5-3-6-12(15)8-10/h1-8H,9H2. The summed E-state index contributed by atoms with van der Waals surface area (Å²) in [4.78, 5) is 0. The summed E-state index contributed by atoms with van der Waals surface area (Å²) in [7, 11) is 0. The first kappa shape index (κ1) is 10.4. The average Bonchev–Trinajstić information content (AvgIpc) is 2.29. The Bertz CT molecular complexity index is 466. The van der Waals surface area contributed by atoms with Crippen LogP contribution in [0.3, 0.4) is 0 Å². The molecule has 0 spiro atoms. The van der Waals surface area contributed by atoms with Gasteiger partial charge in [0.15, 0.2) is 0 Å². The SMILES string of the molecule is Fc1cccc(-c2ccccc2CBr)c1. The molecule has 0 bridgehead atoms. The fourth-order valence-corrected chi connectivity index (χ4v) is 2.06. The molecule has 0 aliphatic carbocycles. The van der Waals surface area contributed by atoms with Crippen LogP contribution in [0.4, 0.5) is 4.39 Å². The Hall–Kier alpha value is -1.15. The monoisotopic (exact) mass is 264 g/mol. The Labute approximate surface area is 96.9 Å². The van der Waals surface area contributed by atoms with E-state index in [1.807, 2.05) is 30.3 Å². The zero-order chi connectivity index (χ0) is 10.7. The molecule has 76 valence electrons. The summed E-state index contributed by atoms with van der Waals surface area (Å²) in [5.41, 5.74) is 3.17. The Morgan fingerprint density at radius 2 is 1.80 bits per heavy atom. The van der Waals surface area contributed by atoms with Crippen LogP contribution in [-0.4, -0.2) is 0 Å². The summed E-state index contributed by atoms with van der Waals surface area (Å²) in [6, 6.07) is 14.7. The molecule has 0 aromatic heterocycles. The summed E-state index contributed by atoms with van der Waals surface area (Å²) in [5.74, 6) is -0.197. The van der Waals surface area contributed by atoms with Gasteiger partial charge in [0, 0.05) is 5.33 Å². The van der Waals surface area contributed by atoms with Gasteiger partial charge in [0.2, 0.25) is 0 Å². The minimum Gasteiger partial charge on any atom is -0.207 e. The van der Waals surface area contributed by atoms with E-state index >= 15 is 0 Å². The highest BCUT2D eigenvalue weighted by molar-refractivity contribution is 9.08. The third-order valence-corrected chi connectivity index (χ3v) is 2.90. The first-order valence-electron chi connectivity index (χ1n) is 4.71. The normalized spacial score (nSPS) is 10.3. The van der Waals surface area contributed by atoms with Gasteiger partial charge in [-0.05, 0) is 28.8 Å². The molecule has 2 aromatic rings. The second kappa shape index (κ2) is 4.58. The van der Waals surface area contributed by atoms with Crippen LogP contribution in [0.2, 0.25) is 0 Å². The molecule has 15 heavy (non-hydrogen) atoms. The summed E-state index contributed by atoms with van der Waals surface area (Å²) < 4.78 is 13.1. The predicted molar refractivity (Wildman–Crippen MR) is 64.5 cm³/mol. The molecule has 0 saturated carbocycles. The Morgan fingerprint density at radius 1 is 1.00 bits per heavy atom. The van der Waals surface area contributed by atoms with Crippen molar-refractivity contribution in [3.05, 3.63) is 59.9 Å². The summed E-state index contributed by atoms with van der Waals surface area (Å²) in [6.45, 7) is 0. The lowest BCUT2D eigenvalue weighted by Crippen LogP contribution is -1.86. The molecule has 0 aliphatic heterocycles. The maximum absolute atomic E-state index is 13.1. The highest BCUT2D eigenvalue weighted by Crippen LogP contribution is 2.25. The van der Waals surface area contributed by atoms with Crippen molar-refractivity contribution in [2.24, 2.45) is 0 Å². The lowest BCUT2D eigenvalue weighted by molar-refractivity contribution is 0.628. The lowest BCUT2D eigenvalue weighted by Gasteiger charge is -2.06. The van der Waals surface area contributed by atoms with Gasteiger partial charge in [-0.25, -0.2) is 4.39 Å². The third-order valence-electron chi connectivity index (χ3n) is 2.30. The zero-order valence-corrected chi connectivity index (χ0v) is 9.67. The van der Waals surface area contributed by atoms with Crippen LogP contribution in [0.1, 0.15) is 5.56 Å². The molecule has 0 amide bonds. The molecule has 2 rings (SSSR count). The number of hydrogen-bond donors (Lipinski definition) is 0. The molecule has 0 unspecified atom stereocenters. The van der Waals surface area contributed by atoms with E-state index in [-0.39, 0.29) is 5.82 Å². The lowest BCUT2D eigenvalue weighted by atomic mass is 10.0. The van der Waals surface area contributed by atoms with Crippen molar-refractivity contribution in [2.75, 3.05) is 0 Å². The number of rotatable bonds is 2. The largest absolute Gasteiger partial charge is 0.207 e. The minimum atomic E-state index is -0.197. The fourth-order valence-electron chi connectivity index (χ4n) is 1.57. The molecule has 2 heteroatoms. The molecule has 0 fully saturated rings.